The standard InChI is InChI=1S/C28H32N2O2/c1-27(2)19-18-24-25(8-7-9-26(24)32-27)28(31,20-10-14-22(15-11-20)29(3)4)21-12-16-23(17-13-21)30(5)6/h7-19,31H,1-6H3. The highest BCUT2D eigenvalue weighted by atomic mass is 16.5. The average molecular weight is 429 g/mol. The first-order valence-corrected chi connectivity index (χ1v) is 10.9. The lowest BCUT2D eigenvalue weighted by molar-refractivity contribution is 0.122. The molecule has 4 nitrogen and oxygen atoms in total. The van der Waals surface area contributed by atoms with Gasteiger partial charge in [0.15, 0.2) is 0 Å². The molecule has 1 N–H and O–H groups in total. The van der Waals surface area contributed by atoms with Crippen molar-refractivity contribution in [3.63, 3.8) is 0 Å². The summed E-state index contributed by atoms with van der Waals surface area (Å²) in [6, 6.07) is 22.1. The second-order valence-corrected chi connectivity index (χ2v) is 9.35. The number of aliphatic hydroxyl groups is 1. The Bertz CT molecular complexity index is 1080. The molecule has 0 amide bonds. The number of benzene rings is 3. The van der Waals surface area contributed by atoms with E-state index in [0.29, 0.717) is 0 Å². The van der Waals surface area contributed by atoms with Gasteiger partial charge in [-0.25, -0.2) is 0 Å². The molecular formula is C28H32N2O2. The van der Waals surface area contributed by atoms with Crippen LogP contribution in [0.3, 0.4) is 0 Å². The Morgan fingerprint density at radius 2 is 1.25 bits per heavy atom. The van der Waals surface area contributed by atoms with Crippen LogP contribution in [0.2, 0.25) is 0 Å². The van der Waals surface area contributed by atoms with Crippen molar-refractivity contribution in [2.75, 3.05) is 38.0 Å². The molecule has 0 spiro atoms. The molecule has 1 heterocycles. The third kappa shape index (κ3) is 3.87. The maximum Gasteiger partial charge on any atom is 0.141 e. The van der Waals surface area contributed by atoms with Crippen LogP contribution in [0.1, 0.15) is 36.1 Å². The lowest BCUT2D eigenvalue weighted by Gasteiger charge is -2.35. The van der Waals surface area contributed by atoms with Gasteiger partial charge < -0.3 is 19.6 Å². The molecule has 0 saturated heterocycles. The van der Waals surface area contributed by atoms with Crippen LogP contribution < -0.4 is 14.5 Å². The highest BCUT2D eigenvalue weighted by Crippen LogP contribution is 2.44. The van der Waals surface area contributed by atoms with Crippen molar-refractivity contribution in [3.05, 3.63) is 95.1 Å². The lowest BCUT2D eigenvalue weighted by atomic mass is 9.77. The van der Waals surface area contributed by atoms with Gasteiger partial charge in [-0.3, -0.25) is 0 Å². The third-order valence-corrected chi connectivity index (χ3v) is 6.08. The summed E-state index contributed by atoms with van der Waals surface area (Å²) in [5.41, 5.74) is 3.78. The molecular weight excluding hydrogens is 396 g/mol. The zero-order valence-electron chi connectivity index (χ0n) is 19.8. The Morgan fingerprint density at radius 3 is 1.72 bits per heavy atom. The minimum atomic E-state index is -1.34. The van der Waals surface area contributed by atoms with E-state index in [-0.39, 0.29) is 5.60 Å². The topological polar surface area (TPSA) is 35.9 Å². The van der Waals surface area contributed by atoms with Crippen LogP contribution >= 0.6 is 0 Å². The zero-order chi connectivity index (χ0) is 23.1. The smallest absolute Gasteiger partial charge is 0.141 e. The van der Waals surface area contributed by atoms with Gasteiger partial charge in [0.1, 0.15) is 17.0 Å². The van der Waals surface area contributed by atoms with Gasteiger partial charge in [0, 0.05) is 50.7 Å². The molecule has 32 heavy (non-hydrogen) atoms. The fourth-order valence-corrected chi connectivity index (χ4v) is 4.20. The summed E-state index contributed by atoms with van der Waals surface area (Å²) in [5.74, 6) is 0.781. The van der Waals surface area contributed by atoms with Crippen molar-refractivity contribution in [2.24, 2.45) is 0 Å². The molecule has 0 fully saturated rings. The molecule has 0 saturated carbocycles. The Balaban J connectivity index is 1.93. The summed E-state index contributed by atoms with van der Waals surface area (Å²) in [6.07, 6.45) is 4.12. The van der Waals surface area contributed by atoms with Gasteiger partial charge in [-0.05, 0) is 61.4 Å². The number of hydrogen-bond donors (Lipinski definition) is 1. The third-order valence-electron chi connectivity index (χ3n) is 6.08. The van der Waals surface area contributed by atoms with Crippen LogP contribution in [0.25, 0.3) is 6.08 Å². The maximum absolute atomic E-state index is 12.5. The van der Waals surface area contributed by atoms with Crippen molar-refractivity contribution in [1.82, 2.24) is 0 Å². The Labute approximate surface area is 191 Å². The van der Waals surface area contributed by atoms with Crippen LogP contribution in [-0.4, -0.2) is 38.9 Å². The van der Waals surface area contributed by atoms with Crippen molar-refractivity contribution >= 4 is 17.5 Å². The first-order chi connectivity index (χ1) is 15.1. The Hall–Kier alpha value is -3.24. The second kappa shape index (κ2) is 8.03. The molecule has 0 unspecified atom stereocenters. The summed E-state index contributed by atoms with van der Waals surface area (Å²) >= 11 is 0. The molecule has 166 valence electrons. The molecule has 1 aliphatic heterocycles. The van der Waals surface area contributed by atoms with E-state index in [2.05, 4.69) is 15.9 Å². The largest absolute Gasteiger partial charge is 0.483 e. The second-order valence-electron chi connectivity index (χ2n) is 9.35. The molecule has 0 bridgehead atoms. The van der Waals surface area contributed by atoms with Gasteiger partial charge in [-0.2, -0.15) is 0 Å². The predicted molar refractivity (Wildman–Crippen MR) is 134 cm³/mol. The number of hydrogen-bond acceptors (Lipinski definition) is 4. The number of ether oxygens (including phenoxy) is 1. The van der Waals surface area contributed by atoms with Crippen LogP contribution in [0.5, 0.6) is 5.75 Å². The molecule has 4 heteroatoms. The molecule has 1 aliphatic rings. The van der Waals surface area contributed by atoms with Crippen molar-refractivity contribution in [2.45, 2.75) is 25.0 Å². The number of fused-ring (bicyclic) bond motifs is 1. The van der Waals surface area contributed by atoms with Gasteiger partial charge in [0.25, 0.3) is 0 Å². The first-order valence-electron chi connectivity index (χ1n) is 10.9. The monoisotopic (exact) mass is 428 g/mol. The molecule has 0 atom stereocenters. The molecule has 4 rings (SSSR count). The van der Waals surface area contributed by atoms with E-state index in [1.165, 1.54) is 0 Å². The van der Waals surface area contributed by atoms with E-state index < -0.39 is 5.60 Å². The molecule has 0 aromatic heterocycles. The summed E-state index contributed by atoms with van der Waals surface area (Å²) in [5, 5.41) is 12.5. The summed E-state index contributed by atoms with van der Waals surface area (Å²) in [4.78, 5) is 4.11. The predicted octanol–water partition coefficient (Wildman–Crippen LogP) is 5.29. The Morgan fingerprint density at radius 1 is 0.750 bits per heavy atom. The molecule has 3 aromatic carbocycles. The fraction of sp³-hybridized carbons (Fsp3) is 0.286. The normalized spacial score (nSPS) is 14.5. The van der Waals surface area contributed by atoms with Crippen molar-refractivity contribution in [1.29, 1.82) is 0 Å². The SMILES string of the molecule is CN(C)c1ccc(C(O)(c2ccc(N(C)C)cc2)c2cccc3c2C=CC(C)(C)O3)cc1. The molecule has 0 aliphatic carbocycles. The maximum atomic E-state index is 12.5. The minimum Gasteiger partial charge on any atom is -0.483 e. The minimum absolute atomic E-state index is 0.384. The Kier molecular flexibility index (Phi) is 5.51. The van der Waals surface area contributed by atoms with E-state index in [9.17, 15) is 5.11 Å². The van der Waals surface area contributed by atoms with Crippen LogP contribution in [0.4, 0.5) is 11.4 Å². The van der Waals surface area contributed by atoms with Gasteiger partial charge in [0.2, 0.25) is 0 Å². The number of rotatable bonds is 5. The van der Waals surface area contributed by atoms with Gasteiger partial charge in [0.05, 0.1) is 0 Å². The number of nitrogens with zero attached hydrogens (tertiary/aromatic N) is 2. The zero-order valence-corrected chi connectivity index (χ0v) is 19.8. The van der Waals surface area contributed by atoms with Gasteiger partial charge in [-0.15, -0.1) is 0 Å². The fourth-order valence-electron chi connectivity index (χ4n) is 4.20. The molecule has 0 radical (unpaired) electrons. The first kappa shape index (κ1) is 22.0. The number of anilines is 2. The highest BCUT2D eigenvalue weighted by molar-refractivity contribution is 5.69. The van der Waals surface area contributed by atoms with Crippen LogP contribution in [0, 0.1) is 0 Å². The average Bonchev–Trinajstić information content (AvgIpc) is 2.77. The van der Waals surface area contributed by atoms with Crippen molar-refractivity contribution in [3.8, 4) is 5.75 Å². The molecule has 3 aromatic rings. The van der Waals surface area contributed by atoms with Gasteiger partial charge >= 0.3 is 0 Å². The summed E-state index contributed by atoms with van der Waals surface area (Å²) in [6.45, 7) is 4.07. The summed E-state index contributed by atoms with van der Waals surface area (Å²) < 4.78 is 6.22. The van der Waals surface area contributed by atoms with E-state index in [4.69, 9.17) is 4.74 Å². The van der Waals surface area contributed by atoms with Crippen LogP contribution in [0.15, 0.2) is 72.8 Å². The van der Waals surface area contributed by atoms with E-state index in [1.807, 2.05) is 115 Å². The quantitative estimate of drug-likeness (QED) is 0.561. The highest BCUT2D eigenvalue weighted by Gasteiger charge is 2.37. The summed E-state index contributed by atoms with van der Waals surface area (Å²) in [7, 11) is 8.05. The van der Waals surface area contributed by atoms with Crippen molar-refractivity contribution < 1.29 is 9.84 Å². The van der Waals surface area contributed by atoms with Gasteiger partial charge in [-0.1, -0.05) is 42.5 Å². The van der Waals surface area contributed by atoms with E-state index in [0.717, 1.165) is 39.4 Å². The van der Waals surface area contributed by atoms with Crippen LogP contribution in [-0.2, 0) is 5.60 Å². The van der Waals surface area contributed by atoms with E-state index in [1.54, 1.807) is 0 Å². The van der Waals surface area contributed by atoms with E-state index >= 15 is 0 Å². The lowest BCUT2D eigenvalue weighted by Crippen LogP contribution is -2.32.